The van der Waals surface area contributed by atoms with Crippen LogP contribution in [0.5, 0.6) is 0 Å². The molecule has 0 spiro atoms. The van der Waals surface area contributed by atoms with Crippen molar-refractivity contribution >= 4 is 16.9 Å². The predicted octanol–water partition coefficient (Wildman–Crippen LogP) is 1.45. The summed E-state index contributed by atoms with van der Waals surface area (Å²) in [4.78, 5) is 19.3. The fourth-order valence-electron chi connectivity index (χ4n) is 2.48. The molecular weight excluding hydrogens is 242 g/mol. The van der Waals surface area contributed by atoms with Gasteiger partial charge in [-0.25, -0.2) is 4.98 Å². The summed E-state index contributed by atoms with van der Waals surface area (Å²) in [5.41, 5.74) is 1.20. The Labute approximate surface area is 111 Å². The zero-order chi connectivity index (χ0) is 13.2. The minimum Gasteiger partial charge on any atom is -0.394 e. The van der Waals surface area contributed by atoms with Gasteiger partial charge in [-0.05, 0) is 37.0 Å². The van der Waals surface area contributed by atoms with Gasteiger partial charge in [-0.15, -0.1) is 0 Å². The molecular formula is C14H17N3O2. The van der Waals surface area contributed by atoms with E-state index < -0.39 is 0 Å². The van der Waals surface area contributed by atoms with E-state index in [-0.39, 0.29) is 18.6 Å². The first kappa shape index (κ1) is 12.2. The number of nitrogens with zero attached hydrogens (tertiary/aromatic N) is 1. The summed E-state index contributed by atoms with van der Waals surface area (Å²) in [5, 5.41) is 13.2. The van der Waals surface area contributed by atoms with Crippen molar-refractivity contribution < 1.29 is 9.90 Å². The van der Waals surface area contributed by atoms with Gasteiger partial charge >= 0.3 is 0 Å². The molecule has 19 heavy (non-hydrogen) atoms. The lowest BCUT2D eigenvalue weighted by molar-refractivity contribution is 0.0841. The second kappa shape index (κ2) is 5.01. The quantitative estimate of drug-likeness (QED) is 0.777. The van der Waals surface area contributed by atoms with Crippen molar-refractivity contribution in [3.8, 4) is 0 Å². The number of carbonyl (C=O) groups is 1. The van der Waals surface area contributed by atoms with E-state index in [1.54, 1.807) is 12.3 Å². The maximum absolute atomic E-state index is 12.1. The molecule has 2 aromatic rings. The molecule has 0 aliphatic heterocycles. The minimum absolute atomic E-state index is 0.00507. The molecule has 5 heteroatoms. The molecule has 5 nitrogen and oxygen atoms in total. The largest absolute Gasteiger partial charge is 0.394 e. The molecule has 2 heterocycles. The number of hydrogen-bond donors (Lipinski definition) is 3. The Morgan fingerprint density at radius 3 is 3.05 bits per heavy atom. The van der Waals surface area contributed by atoms with Gasteiger partial charge in [0.15, 0.2) is 0 Å². The Hall–Kier alpha value is -1.88. The molecule has 2 aromatic heterocycles. The average Bonchev–Trinajstić information content (AvgIpc) is 2.79. The lowest BCUT2D eigenvalue weighted by Crippen LogP contribution is -2.45. The molecule has 0 radical (unpaired) electrons. The van der Waals surface area contributed by atoms with Gasteiger partial charge in [0.1, 0.15) is 11.3 Å². The van der Waals surface area contributed by atoms with Crippen LogP contribution >= 0.6 is 0 Å². The minimum atomic E-state index is -0.177. The zero-order valence-corrected chi connectivity index (χ0v) is 10.6. The number of aromatic nitrogens is 2. The van der Waals surface area contributed by atoms with E-state index >= 15 is 0 Å². The van der Waals surface area contributed by atoms with Crippen LogP contribution < -0.4 is 5.32 Å². The van der Waals surface area contributed by atoms with Crippen molar-refractivity contribution in [3.63, 3.8) is 0 Å². The van der Waals surface area contributed by atoms with Gasteiger partial charge in [-0.1, -0.05) is 6.42 Å². The third-order valence-corrected chi connectivity index (χ3v) is 3.87. The molecule has 1 amide bonds. The van der Waals surface area contributed by atoms with Crippen molar-refractivity contribution in [2.45, 2.75) is 25.3 Å². The first-order valence-electron chi connectivity index (χ1n) is 6.63. The molecule has 3 rings (SSSR count). The smallest absolute Gasteiger partial charge is 0.268 e. The summed E-state index contributed by atoms with van der Waals surface area (Å²) < 4.78 is 0. The van der Waals surface area contributed by atoms with Crippen LogP contribution in [-0.4, -0.2) is 33.6 Å². The number of rotatable bonds is 4. The Bertz CT molecular complexity index is 556. The van der Waals surface area contributed by atoms with Crippen LogP contribution in [0, 0.1) is 5.92 Å². The molecule has 0 bridgehead atoms. The van der Waals surface area contributed by atoms with Crippen molar-refractivity contribution in [2.24, 2.45) is 5.92 Å². The van der Waals surface area contributed by atoms with Crippen molar-refractivity contribution in [3.05, 3.63) is 30.1 Å². The van der Waals surface area contributed by atoms with E-state index in [0.717, 1.165) is 18.2 Å². The number of nitrogens with one attached hydrogen (secondary N) is 2. The molecule has 0 aromatic carbocycles. The van der Waals surface area contributed by atoms with Gasteiger partial charge in [0.05, 0.1) is 12.6 Å². The molecule has 100 valence electrons. The molecule has 1 aliphatic carbocycles. The number of aromatic amines is 1. The fraction of sp³-hybridized carbons (Fsp3) is 0.429. The van der Waals surface area contributed by atoms with E-state index in [4.69, 9.17) is 0 Å². The van der Waals surface area contributed by atoms with Crippen LogP contribution in [0.3, 0.4) is 0 Å². The zero-order valence-electron chi connectivity index (χ0n) is 10.6. The van der Waals surface area contributed by atoms with E-state index in [0.29, 0.717) is 17.3 Å². The highest BCUT2D eigenvalue weighted by Gasteiger charge is 2.28. The SMILES string of the molecule is O=C(NC(CO)C1CCC1)c1cc2cccnc2[nH]1. The van der Waals surface area contributed by atoms with Gasteiger partial charge in [0.2, 0.25) is 0 Å². The van der Waals surface area contributed by atoms with Gasteiger partial charge in [-0.3, -0.25) is 4.79 Å². The maximum Gasteiger partial charge on any atom is 0.268 e. The van der Waals surface area contributed by atoms with E-state index in [1.165, 1.54) is 6.42 Å². The number of carbonyl (C=O) groups excluding carboxylic acids is 1. The lowest BCUT2D eigenvalue weighted by Gasteiger charge is -2.32. The van der Waals surface area contributed by atoms with Crippen LogP contribution in [-0.2, 0) is 0 Å². The average molecular weight is 259 g/mol. The number of aliphatic hydroxyl groups excluding tert-OH is 1. The summed E-state index contributed by atoms with van der Waals surface area (Å²) >= 11 is 0. The summed E-state index contributed by atoms with van der Waals surface area (Å²) in [6, 6.07) is 5.39. The van der Waals surface area contributed by atoms with Crippen molar-refractivity contribution in [1.29, 1.82) is 0 Å². The van der Waals surface area contributed by atoms with Crippen LogP contribution in [0.15, 0.2) is 24.4 Å². The van der Waals surface area contributed by atoms with Gasteiger partial charge in [0, 0.05) is 11.6 Å². The number of fused-ring (bicyclic) bond motifs is 1. The predicted molar refractivity (Wildman–Crippen MR) is 71.8 cm³/mol. The molecule has 1 atom stereocenters. The van der Waals surface area contributed by atoms with Crippen LogP contribution in [0.4, 0.5) is 0 Å². The number of amides is 1. The fourth-order valence-corrected chi connectivity index (χ4v) is 2.48. The molecule has 3 N–H and O–H groups in total. The third-order valence-electron chi connectivity index (χ3n) is 3.87. The third kappa shape index (κ3) is 2.33. The van der Waals surface area contributed by atoms with Gasteiger partial charge < -0.3 is 15.4 Å². The maximum atomic E-state index is 12.1. The van der Waals surface area contributed by atoms with E-state index in [1.807, 2.05) is 12.1 Å². The summed E-state index contributed by atoms with van der Waals surface area (Å²) in [5.74, 6) is 0.236. The molecule has 1 fully saturated rings. The van der Waals surface area contributed by atoms with Crippen LogP contribution in [0.1, 0.15) is 29.8 Å². The van der Waals surface area contributed by atoms with Crippen LogP contribution in [0.2, 0.25) is 0 Å². The van der Waals surface area contributed by atoms with E-state index in [9.17, 15) is 9.90 Å². The van der Waals surface area contributed by atoms with Crippen LogP contribution in [0.25, 0.3) is 11.0 Å². The molecule has 0 saturated heterocycles. The monoisotopic (exact) mass is 259 g/mol. The second-order valence-electron chi connectivity index (χ2n) is 5.08. The van der Waals surface area contributed by atoms with Gasteiger partial charge in [-0.2, -0.15) is 0 Å². The highest BCUT2D eigenvalue weighted by Crippen LogP contribution is 2.29. The number of aliphatic hydroxyl groups is 1. The van der Waals surface area contributed by atoms with E-state index in [2.05, 4.69) is 15.3 Å². The summed E-state index contributed by atoms with van der Waals surface area (Å²) in [6.45, 7) is -0.00507. The Morgan fingerprint density at radius 2 is 2.42 bits per heavy atom. The first-order valence-corrected chi connectivity index (χ1v) is 6.63. The molecule has 1 aliphatic rings. The Morgan fingerprint density at radius 1 is 1.58 bits per heavy atom. The summed E-state index contributed by atoms with van der Waals surface area (Å²) in [6.07, 6.45) is 5.04. The highest BCUT2D eigenvalue weighted by molar-refractivity contribution is 5.97. The number of hydrogen-bond acceptors (Lipinski definition) is 3. The highest BCUT2D eigenvalue weighted by atomic mass is 16.3. The Balaban J connectivity index is 1.75. The topological polar surface area (TPSA) is 78.0 Å². The lowest BCUT2D eigenvalue weighted by atomic mass is 9.80. The summed E-state index contributed by atoms with van der Waals surface area (Å²) in [7, 11) is 0. The normalized spacial score (nSPS) is 17.1. The van der Waals surface area contributed by atoms with Gasteiger partial charge in [0.25, 0.3) is 5.91 Å². The number of pyridine rings is 1. The first-order chi connectivity index (χ1) is 9.28. The Kier molecular flexibility index (Phi) is 3.21. The van der Waals surface area contributed by atoms with Crippen molar-refractivity contribution in [1.82, 2.24) is 15.3 Å². The molecule has 1 saturated carbocycles. The number of H-pyrrole nitrogens is 1. The van der Waals surface area contributed by atoms with Crippen molar-refractivity contribution in [2.75, 3.05) is 6.61 Å². The second-order valence-corrected chi connectivity index (χ2v) is 5.08. The molecule has 1 unspecified atom stereocenters. The standard InChI is InChI=1S/C14H17N3O2/c18-8-12(9-3-1-4-9)17-14(19)11-7-10-5-2-6-15-13(10)16-11/h2,5-7,9,12,18H,1,3-4,8H2,(H,15,16)(H,17,19).